The van der Waals surface area contributed by atoms with E-state index >= 15 is 0 Å². The Labute approximate surface area is 175 Å². The average Bonchev–Trinajstić information content (AvgIpc) is 2.70. The van der Waals surface area contributed by atoms with Crippen molar-refractivity contribution in [3.8, 4) is 0 Å². The molecule has 0 aliphatic heterocycles. The number of ether oxygens (including phenoxy) is 1. The lowest BCUT2D eigenvalue weighted by molar-refractivity contribution is -0.145. The van der Waals surface area contributed by atoms with E-state index in [0.717, 1.165) is 0 Å². The summed E-state index contributed by atoms with van der Waals surface area (Å²) in [4.78, 5) is 24.5. The Morgan fingerprint density at radius 1 is 1.17 bits per heavy atom. The number of esters is 1. The molecule has 1 N–H and O–H groups in total. The zero-order valence-electron chi connectivity index (χ0n) is 18.1. The number of methoxy groups -OCH3 is 1. The molecule has 1 aromatic rings. The van der Waals surface area contributed by atoms with Crippen molar-refractivity contribution < 1.29 is 27.5 Å². The van der Waals surface area contributed by atoms with Crippen LogP contribution < -0.4 is 5.32 Å². The molecule has 164 valence electrons. The molecule has 30 heavy (non-hydrogen) atoms. The highest BCUT2D eigenvalue weighted by Crippen LogP contribution is 2.30. The molecule has 0 saturated heterocycles. The van der Waals surface area contributed by atoms with Gasteiger partial charge in [0.05, 0.1) is 7.11 Å². The molecule has 0 radical (unpaired) electrons. The van der Waals surface area contributed by atoms with Gasteiger partial charge in [0.15, 0.2) is 17.7 Å². The molecule has 0 bridgehead atoms. The van der Waals surface area contributed by atoms with Crippen molar-refractivity contribution >= 4 is 17.4 Å². The molecule has 1 atom stereocenters. The molecule has 0 aliphatic rings. The third-order valence-corrected chi connectivity index (χ3v) is 4.32. The lowest BCUT2D eigenvalue weighted by atomic mass is 9.91. The van der Waals surface area contributed by atoms with Gasteiger partial charge in [-0.25, -0.2) is 18.0 Å². The van der Waals surface area contributed by atoms with Crippen LogP contribution in [-0.2, 0) is 14.3 Å². The van der Waals surface area contributed by atoms with Crippen LogP contribution in [-0.4, -0.2) is 19.0 Å². The molecule has 1 unspecified atom stereocenters. The number of carbonyl (C=O) groups excluding carboxylic acids is 2. The number of rotatable bonds is 7. The van der Waals surface area contributed by atoms with Gasteiger partial charge in [0.25, 0.3) is 0 Å². The van der Waals surface area contributed by atoms with Crippen molar-refractivity contribution in [2.45, 2.75) is 47.1 Å². The van der Waals surface area contributed by atoms with Crippen molar-refractivity contribution in [2.24, 2.45) is 5.41 Å². The number of hydrogen-bond donors (Lipinski definition) is 1. The van der Waals surface area contributed by atoms with E-state index in [0.29, 0.717) is 16.7 Å². The van der Waals surface area contributed by atoms with Crippen molar-refractivity contribution in [1.82, 2.24) is 5.32 Å². The number of halogens is 3. The maximum atomic E-state index is 14.0. The molecule has 1 amide bonds. The van der Waals surface area contributed by atoms with Crippen molar-refractivity contribution in [3.05, 3.63) is 65.0 Å². The summed E-state index contributed by atoms with van der Waals surface area (Å²) >= 11 is 0. The van der Waals surface area contributed by atoms with Crippen molar-refractivity contribution in [2.75, 3.05) is 7.11 Å². The Morgan fingerprint density at radius 3 is 2.17 bits per heavy atom. The minimum Gasteiger partial charge on any atom is -0.467 e. The number of carbonyl (C=O) groups is 2. The van der Waals surface area contributed by atoms with Crippen LogP contribution in [0.15, 0.2) is 53.9 Å². The smallest absolute Gasteiger partial charge is 0.333 e. The number of amides is 1. The SMILES string of the molecule is C\C=C(/C(C)=C(F)\C(F)=C\F)c1ccc(C(NC(=O)CC(C)(C)C)C(=O)OC)cc1. The highest BCUT2D eigenvalue weighted by molar-refractivity contribution is 5.86. The lowest BCUT2D eigenvalue weighted by Crippen LogP contribution is -2.36. The second-order valence-electron chi connectivity index (χ2n) is 7.98. The van der Waals surface area contributed by atoms with E-state index in [2.05, 4.69) is 5.32 Å². The van der Waals surface area contributed by atoms with Crippen LogP contribution in [0.3, 0.4) is 0 Å². The van der Waals surface area contributed by atoms with E-state index in [4.69, 9.17) is 4.74 Å². The zero-order chi connectivity index (χ0) is 23.1. The van der Waals surface area contributed by atoms with Crippen molar-refractivity contribution in [1.29, 1.82) is 0 Å². The van der Waals surface area contributed by atoms with E-state index in [1.165, 1.54) is 14.0 Å². The zero-order valence-corrected chi connectivity index (χ0v) is 18.1. The first-order valence-corrected chi connectivity index (χ1v) is 9.42. The van der Waals surface area contributed by atoms with E-state index in [9.17, 15) is 22.8 Å². The van der Waals surface area contributed by atoms with E-state index < -0.39 is 30.0 Å². The van der Waals surface area contributed by atoms with Crippen LogP contribution in [0.25, 0.3) is 5.57 Å². The van der Waals surface area contributed by atoms with Gasteiger partial charge in [-0.05, 0) is 41.5 Å². The fourth-order valence-corrected chi connectivity index (χ4v) is 2.89. The maximum Gasteiger partial charge on any atom is 0.333 e. The van der Waals surface area contributed by atoms with Crippen LogP contribution in [0.2, 0.25) is 0 Å². The molecule has 0 aromatic heterocycles. The molecular formula is C23H28F3NO3. The summed E-state index contributed by atoms with van der Waals surface area (Å²) in [5.41, 5.74) is 1.04. The van der Waals surface area contributed by atoms with Gasteiger partial charge < -0.3 is 10.1 Å². The van der Waals surface area contributed by atoms with E-state index in [1.807, 2.05) is 20.8 Å². The van der Waals surface area contributed by atoms with Gasteiger partial charge >= 0.3 is 5.97 Å². The van der Waals surface area contributed by atoms with E-state index in [1.54, 1.807) is 37.3 Å². The summed E-state index contributed by atoms with van der Waals surface area (Å²) in [7, 11) is 1.22. The first-order valence-electron chi connectivity index (χ1n) is 9.42. The number of nitrogens with one attached hydrogen (secondary N) is 1. The Bertz CT molecular complexity index is 863. The van der Waals surface area contributed by atoms with Gasteiger partial charge in [-0.3, -0.25) is 4.79 Å². The van der Waals surface area contributed by atoms with Crippen LogP contribution in [0.5, 0.6) is 0 Å². The maximum absolute atomic E-state index is 14.0. The predicted octanol–water partition coefficient (Wildman–Crippen LogP) is 5.88. The Morgan fingerprint density at radius 2 is 1.73 bits per heavy atom. The molecule has 4 nitrogen and oxygen atoms in total. The van der Waals surface area contributed by atoms with Crippen LogP contribution in [0.4, 0.5) is 13.2 Å². The minimum atomic E-state index is -1.59. The largest absolute Gasteiger partial charge is 0.467 e. The standard InChI is InChI=1S/C23H28F3NO3/c1-7-17(14(2)20(26)18(25)13-24)15-8-10-16(11-9-15)21(22(29)30-6)27-19(28)12-23(3,4)5/h7-11,13,21H,12H2,1-6H3,(H,27,28)/b17-7+,18-13-,20-14+. The number of benzene rings is 1. The van der Waals surface area contributed by atoms with Crippen molar-refractivity contribution in [3.63, 3.8) is 0 Å². The third kappa shape index (κ3) is 6.90. The van der Waals surface area contributed by atoms with Gasteiger partial charge in [-0.15, -0.1) is 0 Å². The average molecular weight is 423 g/mol. The summed E-state index contributed by atoms with van der Waals surface area (Å²) in [6.45, 7) is 8.70. The summed E-state index contributed by atoms with van der Waals surface area (Å²) in [6.07, 6.45) is 1.35. The topological polar surface area (TPSA) is 55.4 Å². The minimum absolute atomic E-state index is 0.0698. The summed E-state index contributed by atoms with van der Waals surface area (Å²) in [5.74, 6) is -3.81. The molecule has 0 heterocycles. The fourth-order valence-electron chi connectivity index (χ4n) is 2.89. The summed E-state index contributed by atoms with van der Waals surface area (Å²) in [5, 5.41) is 2.67. The highest BCUT2D eigenvalue weighted by atomic mass is 19.2. The normalized spacial score (nSPS) is 14.7. The second kappa shape index (κ2) is 10.8. The van der Waals surface area contributed by atoms with Gasteiger partial charge in [0.1, 0.15) is 6.33 Å². The summed E-state index contributed by atoms with van der Waals surface area (Å²) in [6, 6.07) is 5.37. The fraction of sp³-hybridized carbons (Fsp3) is 0.391. The first-order chi connectivity index (χ1) is 13.9. The highest BCUT2D eigenvalue weighted by Gasteiger charge is 2.26. The van der Waals surface area contributed by atoms with Crippen LogP contribution >= 0.6 is 0 Å². The molecule has 1 rings (SSSR count). The quantitative estimate of drug-likeness (QED) is 0.440. The predicted molar refractivity (Wildman–Crippen MR) is 111 cm³/mol. The molecule has 0 aliphatic carbocycles. The molecule has 7 heteroatoms. The number of allylic oxidation sites excluding steroid dienone is 5. The van der Waals surface area contributed by atoms with Gasteiger partial charge in [-0.1, -0.05) is 51.1 Å². The van der Waals surface area contributed by atoms with Gasteiger partial charge in [0, 0.05) is 6.42 Å². The second-order valence-corrected chi connectivity index (χ2v) is 7.98. The molecular weight excluding hydrogens is 395 g/mol. The third-order valence-electron chi connectivity index (χ3n) is 4.32. The molecule has 0 saturated carbocycles. The number of hydrogen-bond acceptors (Lipinski definition) is 3. The lowest BCUT2D eigenvalue weighted by Gasteiger charge is -2.21. The first kappa shape index (κ1) is 25.2. The monoisotopic (exact) mass is 423 g/mol. The Balaban J connectivity index is 3.22. The molecule has 0 fully saturated rings. The molecule has 1 aromatic carbocycles. The van der Waals surface area contributed by atoms with Crippen LogP contribution in [0.1, 0.15) is 58.2 Å². The molecule has 0 spiro atoms. The Hall–Kier alpha value is -2.83. The van der Waals surface area contributed by atoms with Crippen LogP contribution in [0, 0.1) is 5.41 Å². The Kier molecular flexibility index (Phi) is 9.08. The van der Waals surface area contributed by atoms with Gasteiger partial charge in [-0.2, -0.15) is 0 Å². The van der Waals surface area contributed by atoms with Gasteiger partial charge in [0.2, 0.25) is 5.91 Å². The van der Waals surface area contributed by atoms with E-state index in [-0.39, 0.29) is 23.3 Å². The summed E-state index contributed by atoms with van der Waals surface area (Å²) < 4.78 is 44.4.